The van der Waals surface area contributed by atoms with Crippen molar-refractivity contribution in [3.05, 3.63) is 94.4 Å². The maximum absolute atomic E-state index is 12.9. The number of pyridine rings is 1. The number of rotatable bonds is 6. The Kier molecular flexibility index (Phi) is 6.53. The van der Waals surface area contributed by atoms with E-state index in [0.717, 1.165) is 24.8 Å². The highest BCUT2D eigenvalue weighted by Gasteiger charge is 2.26. The number of amides is 1. The van der Waals surface area contributed by atoms with Crippen LogP contribution in [-0.4, -0.2) is 36.3 Å². The standard InChI is InChI=1S/C24H25N3O4S/c28-23(22-13-8-14-26(24(22)29)18-19-9-3-1-4-10-19)25-20-11-7-12-21(17-20)32(30,31)27-15-5-2-6-16-27/h1,3-4,7-14,17H,2,5-6,15-16,18H2,(H,25,28). The van der Waals surface area contributed by atoms with E-state index >= 15 is 0 Å². The van der Waals surface area contributed by atoms with E-state index in [1.54, 1.807) is 24.4 Å². The monoisotopic (exact) mass is 451 g/mol. The van der Waals surface area contributed by atoms with Gasteiger partial charge in [0.05, 0.1) is 11.4 Å². The zero-order chi connectivity index (χ0) is 22.6. The Morgan fingerprint density at radius 3 is 2.41 bits per heavy atom. The van der Waals surface area contributed by atoms with Gasteiger partial charge in [-0.2, -0.15) is 4.31 Å². The molecule has 1 saturated heterocycles. The normalized spacial score (nSPS) is 14.8. The minimum Gasteiger partial charge on any atom is -0.322 e. The molecule has 2 heterocycles. The van der Waals surface area contributed by atoms with Crippen LogP contribution < -0.4 is 10.9 Å². The van der Waals surface area contributed by atoms with Crippen molar-refractivity contribution in [1.29, 1.82) is 0 Å². The molecule has 1 fully saturated rings. The number of nitrogens with one attached hydrogen (secondary N) is 1. The number of piperidine rings is 1. The summed E-state index contributed by atoms with van der Waals surface area (Å²) in [6.45, 7) is 1.36. The van der Waals surface area contributed by atoms with Gasteiger partial charge in [0.25, 0.3) is 11.5 Å². The molecule has 8 heteroatoms. The number of benzene rings is 2. The van der Waals surface area contributed by atoms with Crippen molar-refractivity contribution in [2.75, 3.05) is 18.4 Å². The first-order valence-corrected chi connectivity index (χ1v) is 12.0. The van der Waals surface area contributed by atoms with E-state index in [1.165, 1.54) is 27.1 Å². The molecular formula is C24H25N3O4S. The van der Waals surface area contributed by atoms with Gasteiger partial charge in [-0.3, -0.25) is 9.59 Å². The third-order valence-corrected chi connectivity index (χ3v) is 7.40. The van der Waals surface area contributed by atoms with Crippen molar-refractivity contribution in [3.8, 4) is 0 Å². The van der Waals surface area contributed by atoms with Crippen LogP contribution in [0, 0.1) is 0 Å². The van der Waals surface area contributed by atoms with Crippen molar-refractivity contribution >= 4 is 21.6 Å². The van der Waals surface area contributed by atoms with Crippen molar-refractivity contribution in [3.63, 3.8) is 0 Å². The second-order valence-electron chi connectivity index (χ2n) is 7.79. The summed E-state index contributed by atoms with van der Waals surface area (Å²) in [5, 5.41) is 2.67. The number of hydrogen-bond acceptors (Lipinski definition) is 4. The summed E-state index contributed by atoms with van der Waals surface area (Å²) >= 11 is 0. The Morgan fingerprint density at radius 2 is 1.66 bits per heavy atom. The van der Waals surface area contributed by atoms with Gasteiger partial charge in [0, 0.05) is 25.0 Å². The predicted molar refractivity (Wildman–Crippen MR) is 123 cm³/mol. The number of hydrogen-bond donors (Lipinski definition) is 1. The van der Waals surface area contributed by atoms with Crippen LogP contribution in [0.3, 0.4) is 0 Å². The predicted octanol–water partition coefficient (Wildman–Crippen LogP) is 3.32. The fourth-order valence-electron chi connectivity index (χ4n) is 3.80. The minimum absolute atomic E-state index is 0.00674. The Balaban J connectivity index is 1.54. The number of nitrogens with zero attached hydrogens (tertiary/aromatic N) is 2. The van der Waals surface area contributed by atoms with Crippen LogP contribution in [0.15, 0.2) is 82.6 Å². The molecule has 1 amide bonds. The highest BCUT2D eigenvalue weighted by molar-refractivity contribution is 7.89. The van der Waals surface area contributed by atoms with Crippen LogP contribution >= 0.6 is 0 Å². The average molecular weight is 452 g/mol. The van der Waals surface area contributed by atoms with Gasteiger partial charge in [-0.1, -0.05) is 42.8 Å². The number of aromatic nitrogens is 1. The van der Waals surface area contributed by atoms with Gasteiger partial charge in [0.1, 0.15) is 5.56 Å². The lowest BCUT2D eigenvalue weighted by Crippen LogP contribution is -2.35. The lowest BCUT2D eigenvalue weighted by Gasteiger charge is -2.26. The molecular weight excluding hydrogens is 426 g/mol. The van der Waals surface area contributed by atoms with Crippen molar-refractivity contribution in [2.24, 2.45) is 0 Å². The highest BCUT2D eigenvalue weighted by Crippen LogP contribution is 2.23. The van der Waals surface area contributed by atoms with Crippen LogP contribution in [0.25, 0.3) is 0 Å². The summed E-state index contributed by atoms with van der Waals surface area (Å²) in [4.78, 5) is 25.8. The molecule has 0 spiro atoms. The van der Waals surface area contributed by atoms with Gasteiger partial charge in [-0.05, 0) is 48.7 Å². The van der Waals surface area contributed by atoms with Crippen molar-refractivity contribution in [1.82, 2.24) is 8.87 Å². The first kappa shape index (κ1) is 22.0. The molecule has 166 valence electrons. The van der Waals surface area contributed by atoms with E-state index in [1.807, 2.05) is 30.3 Å². The Bertz CT molecular complexity index is 1260. The fraction of sp³-hybridized carbons (Fsp3) is 0.250. The summed E-state index contributed by atoms with van der Waals surface area (Å²) < 4.78 is 28.8. The van der Waals surface area contributed by atoms with Gasteiger partial charge < -0.3 is 9.88 Å². The molecule has 32 heavy (non-hydrogen) atoms. The molecule has 0 unspecified atom stereocenters. The average Bonchev–Trinajstić information content (AvgIpc) is 2.82. The van der Waals surface area contributed by atoms with E-state index in [4.69, 9.17) is 0 Å². The summed E-state index contributed by atoms with van der Waals surface area (Å²) in [5.41, 5.74) is 0.854. The number of carbonyl (C=O) groups is 1. The van der Waals surface area contributed by atoms with Crippen LogP contribution in [0.1, 0.15) is 35.2 Å². The van der Waals surface area contributed by atoms with E-state index in [0.29, 0.717) is 25.3 Å². The third-order valence-electron chi connectivity index (χ3n) is 5.51. The Morgan fingerprint density at radius 1 is 0.906 bits per heavy atom. The summed E-state index contributed by atoms with van der Waals surface area (Å²) in [6, 6.07) is 18.8. The van der Waals surface area contributed by atoms with Gasteiger partial charge in [-0.15, -0.1) is 0 Å². The molecule has 0 radical (unpaired) electrons. The molecule has 3 aromatic rings. The second kappa shape index (κ2) is 9.50. The molecule has 1 aliphatic heterocycles. The van der Waals surface area contributed by atoms with E-state index in [-0.39, 0.29) is 10.5 Å². The number of anilines is 1. The SMILES string of the molecule is O=C(Nc1cccc(S(=O)(=O)N2CCCCC2)c1)c1cccn(Cc2ccccc2)c1=O. The van der Waals surface area contributed by atoms with Crippen LogP contribution in [0.4, 0.5) is 5.69 Å². The summed E-state index contributed by atoms with van der Waals surface area (Å²) in [6.07, 6.45) is 4.36. The Labute approximate surface area is 187 Å². The molecule has 1 N–H and O–H groups in total. The highest BCUT2D eigenvalue weighted by atomic mass is 32.2. The zero-order valence-corrected chi connectivity index (χ0v) is 18.4. The fourth-order valence-corrected chi connectivity index (χ4v) is 5.36. The van der Waals surface area contributed by atoms with Crippen LogP contribution in [0.2, 0.25) is 0 Å². The number of sulfonamides is 1. The van der Waals surface area contributed by atoms with Crippen LogP contribution in [-0.2, 0) is 16.6 Å². The molecule has 0 aliphatic carbocycles. The second-order valence-corrected chi connectivity index (χ2v) is 9.73. The maximum atomic E-state index is 12.9. The number of carbonyl (C=O) groups excluding carboxylic acids is 1. The van der Waals surface area contributed by atoms with Crippen molar-refractivity contribution < 1.29 is 13.2 Å². The first-order chi connectivity index (χ1) is 15.4. The molecule has 2 aromatic carbocycles. The van der Waals surface area contributed by atoms with Gasteiger partial charge in [0.2, 0.25) is 10.0 Å². The largest absolute Gasteiger partial charge is 0.322 e. The molecule has 0 bridgehead atoms. The van der Waals surface area contributed by atoms with E-state index in [2.05, 4.69) is 5.32 Å². The molecule has 4 rings (SSSR count). The lowest BCUT2D eigenvalue weighted by molar-refractivity contribution is 0.102. The third kappa shape index (κ3) is 4.81. The molecule has 0 atom stereocenters. The molecule has 1 aromatic heterocycles. The lowest BCUT2D eigenvalue weighted by atomic mass is 10.2. The molecule has 1 aliphatic rings. The van der Waals surface area contributed by atoms with Gasteiger partial charge >= 0.3 is 0 Å². The summed E-state index contributed by atoms with van der Waals surface area (Å²) in [7, 11) is -3.62. The topological polar surface area (TPSA) is 88.5 Å². The van der Waals surface area contributed by atoms with Gasteiger partial charge in [0.15, 0.2) is 0 Å². The van der Waals surface area contributed by atoms with Crippen molar-refractivity contribution in [2.45, 2.75) is 30.7 Å². The smallest absolute Gasteiger partial charge is 0.263 e. The van der Waals surface area contributed by atoms with Crippen LogP contribution in [0.5, 0.6) is 0 Å². The Hall–Kier alpha value is -3.23. The van der Waals surface area contributed by atoms with E-state index in [9.17, 15) is 18.0 Å². The first-order valence-electron chi connectivity index (χ1n) is 10.6. The zero-order valence-electron chi connectivity index (χ0n) is 17.6. The minimum atomic E-state index is -3.62. The molecule has 7 nitrogen and oxygen atoms in total. The van der Waals surface area contributed by atoms with E-state index < -0.39 is 21.5 Å². The summed E-state index contributed by atoms with van der Waals surface area (Å²) in [5.74, 6) is -0.579. The van der Waals surface area contributed by atoms with Gasteiger partial charge in [-0.25, -0.2) is 8.42 Å². The quantitative estimate of drug-likeness (QED) is 0.623. The molecule has 0 saturated carbocycles. The maximum Gasteiger partial charge on any atom is 0.263 e.